The van der Waals surface area contributed by atoms with Crippen molar-refractivity contribution in [2.45, 2.75) is 25.3 Å². The highest BCUT2D eigenvalue weighted by molar-refractivity contribution is 5.95. The molecule has 1 aliphatic rings. The Hall–Kier alpha value is -1.99. The predicted molar refractivity (Wildman–Crippen MR) is 91.9 cm³/mol. The Morgan fingerprint density at radius 1 is 1.24 bits per heavy atom. The number of ether oxygens (including phenoxy) is 2. The van der Waals surface area contributed by atoms with E-state index in [1.54, 1.807) is 18.2 Å². The Balaban J connectivity index is 2.04. The van der Waals surface area contributed by atoms with Crippen LogP contribution in [0.25, 0.3) is 0 Å². The van der Waals surface area contributed by atoms with Crippen LogP contribution in [0.2, 0.25) is 0 Å². The van der Waals surface area contributed by atoms with Crippen molar-refractivity contribution < 1.29 is 23.5 Å². The molecule has 0 atom stereocenters. The monoisotopic (exact) mass is 352 g/mol. The first kappa shape index (κ1) is 19.3. The Bertz CT molecular complexity index is 588. The molecule has 0 N–H and O–H groups in total. The van der Waals surface area contributed by atoms with Crippen molar-refractivity contribution in [3.05, 3.63) is 30.1 Å². The van der Waals surface area contributed by atoms with Crippen molar-refractivity contribution in [3.8, 4) is 0 Å². The third kappa shape index (κ3) is 5.24. The van der Waals surface area contributed by atoms with Gasteiger partial charge < -0.3 is 19.3 Å². The summed E-state index contributed by atoms with van der Waals surface area (Å²) in [6.07, 6.45) is 1.77. The minimum absolute atomic E-state index is 0.0864. The molecule has 0 unspecified atom stereocenters. The van der Waals surface area contributed by atoms with E-state index in [0.717, 1.165) is 13.1 Å². The van der Waals surface area contributed by atoms with Crippen LogP contribution in [0.5, 0.6) is 0 Å². The third-order valence-electron chi connectivity index (χ3n) is 4.43. The van der Waals surface area contributed by atoms with Gasteiger partial charge in [0.2, 0.25) is 0 Å². The predicted octanol–water partition coefficient (Wildman–Crippen LogP) is 1.83. The number of methoxy groups -OCH3 is 2. The molecule has 1 heterocycles. The first-order valence-corrected chi connectivity index (χ1v) is 8.41. The third-order valence-corrected chi connectivity index (χ3v) is 4.43. The molecule has 1 aromatic rings. The van der Waals surface area contributed by atoms with Gasteiger partial charge in [-0.05, 0) is 25.0 Å². The summed E-state index contributed by atoms with van der Waals surface area (Å²) < 4.78 is 23.8. The Labute approximate surface area is 147 Å². The van der Waals surface area contributed by atoms with Crippen LogP contribution in [0.3, 0.4) is 0 Å². The molecule has 6 nitrogen and oxygen atoms in total. The van der Waals surface area contributed by atoms with Crippen molar-refractivity contribution in [1.82, 2.24) is 4.90 Å². The maximum absolute atomic E-state index is 14.2. The normalized spacial score (nSPS) is 15.8. The standard InChI is InChI=1S/C18H25FN2O4/c1-24-13-17(22)21(16-6-4-3-5-15(16)19)14-7-10-20(11-8-14)12-9-18(23)25-2/h3-6,14H,7-13H2,1-2H3. The van der Waals surface area contributed by atoms with E-state index in [4.69, 9.17) is 4.74 Å². The van der Waals surface area contributed by atoms with Gasteiger partial charge >= 0.3 is 5.97 Å². The highest BCUT2D eigenvalue weighted by Crippen LogP contribution is 2.26. The highest BCUT2D eigenvalue weighted by Gasteiger charge is 2.30. The average Bonchev–Trinajstić information content (AvgIpc) is 2.63. The van der Waals surface area contributed by atoms with E-state index in [9.17, 15) is 14.0 Å². The number of anilines is 1. The largest absolute Gasteiger partial charge is 0.469 e. The number of carbonyl (C=O) groups is 2. The second-order valence-electron chi connectivity index (χ2n) is 6.05. The molecular formula is C18H25FN2O4. The van der Waals surface area contributed by atoms with Gasteiger partial charge in [-0.3, -0.25) is 9.59 Å². The van der Waals surface area contributed by atoms with Gasteiger partial charge in [0.1, 0.15) is 12.4 Å². The number of esters is 1. The molecule has 0 radical (unpaired) electrons. The van der Waals surface area contributed by atoms with Gasteiger partial charge in [-0.15, -0.1) is 0 Å². The highest BCUT2D eigenvalue weighted by atomic mass is 19.1. The number of piperidine rings is 1. The van der Waals surface area contributed by atoms with Crippen molar-refractivity contribution >= 4 is 17.6 Å². The number of hydrogen-bond acceptors (Lipinski definition) is 5. The van der Waals surface area contributed by atoms with E-state index in [1.807, 2.05) is 0 Å². The summed E-state index contributed by atoms with van der Waals surface area (Å²) in [5.41, 5.74) is 0.289. The van der Waals surface area contributed by atoms with E-state index in [-0.39, 0.29) is 30.2 Å². The number of halogens is 1. The van der Waals surface area contributed by atoms with Crippen LogP contribution in [0, 0.1) is 5.82 Å². The summed E-state index contributed by atoms with van der Waals surface area (Å²) in [5, 5.41) is 0. The fourth-order valence-corrected chi connectivity index (χ4v) is 3.13. The lowest BCUT2D eigenvalue weighted by Gasteiger charge is -2.38. The van der Waals surface area contributed by atoms with Crippen LogP contribution >= 0.6 is 0 Å². The van der Waals surface area contributed by atoms with Gasteiger partial charge in [0.15, 0.2) is 0 Å². The number of rotatable bonds is 7. The second kappa shape index (κ2) is 9.48. The summed E-state index contributed by atoms with van der Waals surface area (Å²) >= 11 is 0. The Kier molecular flexibility index (Phi) is 7.33. The average molecular weight is 352 g/mol. The van der Waals surface area contributed by atoms with Crippen molar-refractivity contribution in [2.75, 3.05) is 45.4 Å². The Morgan fingerprint density at radius 2 is 1.92 bits per heavy atom. The molecule has 25 heavy (non-hydrogen) atoms. The summed E-state index contributed by atoms with van der Waals surface area (Å²) in [4.78, 5) is 27.4. The van der Waals surface area contributed by atoms with Crippen LogP contribution in [0.15, 0.2) is 24.3 Å². The molecule has 0 aromatic heterocycles. The molecular weight excluding hydrogens is 327 g/mol. The summed E-state index contributed by atoms with van der Waals surface area (Å²) in [6.45, 7) is 2.03. The van der Waals surface area contributed by atoms with Crippen molar-refractivity contribution in [3.63, 3.8) is 0 Å². The number of benzene rings is 1. The maximum Gasteiger partial charge on any atom is 0.306 e. The lowest BCUT2D eigenvalue weighted by Crippen LogP contribution is -2.49. The second-order valence-corrected chi connectivity index (χ2v) is 6.05. The van der Waals surface area contributed by atoms with Crippen LogP contribution in [-0.2, 0) is 19.1 Å². The summed E-state index contributed by atoms with van der Waals surface area (Å²) in [7, 11) is 2.83. The van der Waals surface area contributed by atoms with Gasteiger partial charge in [-0.2, -0.15) is 0 Å². The molecule has 138 valence electrons. The zero-order chi connectivity index (χ0) is 18.2. The maximum atomic E-state index is 14.2. The number of nitrogens with zero attached hydrogens (tertiary/aromatic N) is 2. The molecule has 1 amide bonds. The minimum atomic E-state index is -0.417. The van der Waals surface area contributed by atoms with Gasteiger partial charge in [-0.1, -0.05) is 12.1 Å². The van der Waals surface area contributed by atoms with Crippen LogP contribution in [0.4, 0.5) is 10.1 Å². The SMILES string of the molecule is COCC(=O)N(c1ccccc1F)C1CCN(CCC(=O)OC)CC1. The molecule has 7 heteroatoms. The zero-order valence-corrected chi connectivity index (χ0v) is 14.7. The fourth-order valence-electron chi connectivity index (χ4n) is 3.13. The molecule has 2 rings (SSSR count). The number of carbonyl (C=O) groups excluding carboxylic acids is 2. The van der Waals surface area contributed by atoms with Gasteiger partial charge in [0, 0.05) is 32.8 Å². The minimum Gasteiger partial charge on any atom is -0.469 e. The first-order valence-electron chi connectivity index (χ1n) is 8.41. The van der Waals surface area contributed by atoms with E-state index in [2.05, 4.69) is 9.64 Å². The number of para-hydroxylation sites is 1. The Morgan fingerprint density at radius 3 is 2.52 bits per heavy atom. The summed E-state index contributed by atoms with van der Waals surface area (Å²) in [5.74, 6) is -0.897. The van der Waals surface area contributed by atoms with E-state index in [0.29, 0.717) is 25.8 Å². The molecule has 0 saturated carbocycles. The topological polar surface area (TPSA) is 59.1 Å². The lowest BCUT2D eigenvalue weighted by atomic mass is 10.0. The molecule has 1 saturated heterocycles. The van der Waals surface area contributed by atoms with Gasteiger partial charge in [-0.25, -0.2) is 4.39 Å². The lowest BCUT2D eigenvalue weighted by molar-refractivity contribution is -0.141. The van der Waals surface area contributed by atoms with Crippen LogP contribution in [0.1, 0.15) is 19.3 Å². The quantitative estimate of drug-likeness (QED) is 0.701. The van der Waals surface area contributed by atoms with Crippen molar-refractivity contribution in [1.29, 1.82) is 0 Å². The molecule has 0 bridgehead atoms. The van der Waals surface area contributed by atoms with E-state index < -0.39 is 5.82 Å². The number of hydrogen-bond donors (Lipinski definition) is 0. The summed E-state index contributed by atoms with van der Waals surface area (Å²) in [6, 6.07) is 6.21. The number of likely N-dealkylation sites (tertiary alicyclic amines) is 1. The van der Waals surface area contributed by atoms with Crippen LogP contribution < -0.4 is 4.90 Å². The zero-order valence-electron chi connectivity index (χ0n) is 14.7. The molecule has 1 fully saturated rings. The number of amides is 1. The van der Waals surface area contributed by atoms with Gasteiger partial charge in [0.05, 0.1) is 19.2 Å². The van der Waals surface area contributed by atoms with E-state index >= 15 is 0 Å². The van der Waals surface area contributed by atoms with Gasteiger partial charge in [0.25, 0.3) is 5.91 Å². The molecule has 1 aromatic carbocycles. The molecule has 1 aliphatic heterocycles. The first-order chi connectivity index (χ1) is 12.1. The molecule has 0 spiro atoms. The smallest absolute Gasteiger partial charge is 0.306 e. The van der Waals surface area contributed by atoms with Crippen molar-refractivity contribution in [2.24, 2.45) is 0 Å². The molecule has 0 aliphatic carbocycles. The van der Waals surface area contributed by atoms with E-state index in [1.165, 1.54) is 25.2 Å². The van der Waals surface area contributed by atoms with Crippen LogP contribution in [-0.4, -0.2) is 63.3 Å². The fraction of sp³-hybridized carbons (Fsp3) is 0.556.